The van der Waals surface area contributed by atoms with Crippen molar-refractivity contribution >= 4 is 0 Å². The Morgan fingerprint density at radius 1 is 0.375 bits per heavy atom. The maximum absolute atomic E-state index is 3.64. The van der Waals surface area contributed by atoms with E-state index in [0.717, 1.165) is 12.8 Å². The zero-order valence-electron chi connectivity index (χ0n) is 9.89. The van der Waals surface area contributed by atoms with Gasteiger partial charge in [-0.3, -0.25) is 0 Å². The molecular weight excluding hydrogens is 1040 g/mol. The van der Waals surface area contributed by atoms with E-state index in [1.54, 1.807) is 0 Å². The van der Waals surface area contributed by atoms with Crippen molar-refractivity contribution in [3.05, 3.63) is 13.8 Å². The molecule has 0 atom stereocenters. The van der Waals surface area contributed by atoms with Gasteiger partial charge in [0.1, 0.15) is 0 Å². The van der Waals surface area contributed by atoms with Crippen molar-refractivity contribution in [1.82, 2.24) is 0 Å². The fourth-order valence-electron chi connectivity index (χ4n) is 0.177. The summed E-state index contributed by atoms with van der Waals surface area (Å²) in [6.07, 6.45) is 3.23. The van der Waals surface area contributed by atoms with Gasteiger partial charge in [-0.25, -0.2) is 0 Å². The van der Waals surface area contributed by atoms with E-state index in [1.165, 1.54) is 6.42 Å². The number of hydrogen-bond acceptors (Lipinski definition) is 0. The van der Waals surface area contributed by atoms with Crippen molar-refractivity contribution in [2.24, 2.45) is 0 Å². The molecule has 16 heavy (non-hydrogen) atoms. The Balaban J connectivity index is -0.00000000145. The summed E-state index contributed by atoms with van der Waals surface area (Å²) in [6, 6.07) is 0. The van der Waals surface area contributed by atoms with Crippen LogP contribution in [0.15, 0.2) is 0 Å². The largest absolute Gasteiger partial charge is 0.343 e. The summed E-state index contributed by atoms with van der Waals surface area (Å²) in [5.74, 6) is 0. The Labute approximate surface area is 379 Å². The minimum absolute atomic E-state index is 0. The molecule has 0 bridgehead atoms. The topological polar surface area (TPSA) is 0 Å². The van der Waals surface area contributed by atoms with Crippen LogP contribution < -0.4 is 0 Å². The smallest absolute Gasteiger partial charge is 0 e. The molecule has 65 valence electrons. The van der Waals surface area contributed by atoms with Crippen LogP contribution in [-0.4, -0.2) is 0 Å². The van der Waals surface area contributed by atoms with Crippen molar-refractivity contribution in [3.8, 4) is 0 Å². The van der Waals surface area contributed by atoms with Crippen LogP contribution in [0.25, 0.3) is 0 Å². The van der Waals surface area contributed by atoms with Crippen LogP contribution in [0.3, 0.4) is 0 Å². The van der Waals surface area contributed by atoms with E-state index in [4.69, 9.17) is 0 Å². The SMILES string of the molecule is [CH2-]CCC[CH2-].[Y].[Y].[Y].[Y].[Y].[Y].[Y].[Y].[Y].[Y].[Y]. The summed E-state index contributed by atoms with van der Waals surface area (Å²) < 4.78 is 0. The molecule has 0 aromatic heterocycles. The molecule has 0 nitrogen and oxygen atoms in total. The van der Waals surface area contributed by atoms with Gasteiger partial charge in [-0.1, -0.05) is 0 Å². The van der Waals surface area contributed by atoms with E-state index in [9.17, 15) is 0 Å². The fourth-order valence-corrected chi connectivity index (χ4v) is 0.177. The van der Waals surface area contributed by atoms with Crippen LogP contribution in [0.4, 0.5) is 0 Å². The summed E-state index contributed by atoms with van der Waals surface area (Å²) in [6.45, 7) is 7.27. The first-order valence-corrected chi connectivity index (χ1v) is 2.00. The molecule has 0 heterocycles. The molecule has 0 N–H and O–H groups in total. The third-order valence-corrected chi connectivity index (χ3v) is 0.500. The molecule has 0 spiro atoms. The molecule has 0 unspecified atom stereocenters. The number of rotatable bonds is 2. The Morgan fingerprint density at radius 3 is 0.500 bits per heavy atom. The maximum atomic E-state index is 3.64. The Bertz CT molecular complexity index is 21.8. The molecule has 0 aliphatic carbocycles. The van der Waals surface area contributed by atoms with E-state index < -0.39 is 0 Å². The first-order valence-electron chi connectivity index (χ1n) is 2.00. The first kappa shape index (κ1) is 79.6. The van der Waals surface area contributed by atoms with Crippen molar-refractivity contribution < 1.29 is 360 Å². The van der Waals surface area contributed by atoms with Gasteiger partial charge in [-0.05, 0) is 0 Å². The van der Waals surface area contributed by atoms with Gasteiger partial charge in [-0.2, -0.15) is 12.8 Å². The third-order valence-electron chi connectivity index (χ3n) is 0.500. The predicted octanol–water partition coefficient (Wildman–Crippen LogP) is 1.80. The quantitative estimate of drug-likeness (QED) is 0.371. The van der Waals surface area contributed by atoms with Crippen molar-refractivity contribution in [2.45, 2.75) is 19.3 Å². The maximum Gasteiger partial charge on any atom is 0 e. The molecule has 0 aromatic carbocycles. The minimum atomic E-state index is 0. The second-order valence-electron chi connectivity index (χ2n) is 1.06. The van der Waals surface area contributed by atoms with Crippen LogP contribution in [-0.2, 0) is 360 Å². The van der Waals surface area contributed by atoms with Gasteiger partial charge in [-0.15, -0.1) is 6.42 Å². The zero-order chi connectivity index (χ0) is 4.12. The molecule has 0 aromatic rings. The van der Waals surface area contributed by atoms with Crippen LogP contribution in [0.2, 0.25) is 0 Å². The van der Waals surface area contributed by atoms with E-state index in [2.05, 4.69) is 13.8 Å². The van der Waals surface area contributed by atoms with Gasteiger partial charge in [0.2, 0.25) is 0 Å². The third kappa shape index (κ3) is 82.6. The van der Waals surface area contributed by atoms with Gasteiger partial charge in [0, 0.05) is 360 Å². The molecule has 11 heteroatoms. The van der Waals surface area contributed by atoms with Crippen molar-refractivity contribution in [2.75, 3.05) is 0 Å². The Morgan fingerprint density at radius 2 is 0.500 bits per heavy atom. The molecule has 0 rings (SSSR count). The van der Waals surface area contributed by atoms with E-state index >= 15 is 0 Å². The average molecular weight is 1050 g/mol. The summed E-state index contributed by atoms with van der Waals surface area (Å²) in [7, 11) is 0. The normalized spacial score (nSPS) is 2.62. The van der Waals surface area contributed by atoms with Crippen LogP contribution in [0.5, 0.6) is 0 Å². The minimum Gasteiger partial charge on any atom is -0.343 e. The van der Waals surface area contributed by atoms with Gasteiger partial charge < -0.3 is 13.8 Å². The predicted molar refractivity (Wildman–Crippen MR) is 24.6 cm³/mol. The molecule has 11 radical (unpaired) electrons. The number of unbranched alkanes of at least 4 members (excludes halogenated alkanes) is 2. The fraction of sp³-hybridized carbons (Fsp3) is 0.600. The van der Waals surface area contributed by atoms with Crippen molar-refractivity contribution in [3.63, 3.8) is 0 Å². The van der Waals surface area contributed by atoms with Crippen LogP contribution >= 0.6 is 0 Å². The average Bonchev–Trinajstić information content (AvgIpc) is 1.41. The van der Waals surface area contributed by atoms with Gasteiger partial charge >= 0.3 is 0 Å². The van der Waals surface area contributed by atoms with Crippen molar-refractivity contribution in [1.29, 1.82) is 0 Å². The van der Waals surface area contributed by atoms with Gasteiger partial charge in [0.15, 0.2) is 0 Å². The number of hydrogen-bond donors (Lipinski definition) is 0. The summed E-state index contributed by atoms with van der Waals surface area (Å²) in [5.41, 5.74) is 0. The first-order chi connectivity index (χ1) is 2.41. The molecule has 0 fully saturated rings. The zero-order valence-corrected chi connectivity index (χ0v) is 41.1. The molecule has 0 saturated carbocycles. The van der Waals surface area contributed by atoms with Gasteiger partial charge in [0.25, 0.3) is 0 Å². The summed E-state index contributed by atoms with van der Waals surface area (Å²) in [5, 5.41) is 0. The Hall–Kier alpha value is 12.1. The van der Waals surface area contributed by atoms with E-state index in [0.29, 0.717) is 0 Å². The molecular formula is C5H10Y11-2. The summed E-state index contributed by atoms with van der Waals surface area (Å²) >= 11 is 0. The van der Waals surface area contributed by atoms with E-state index in [-0.39, 0.29) is 360 Å². The van der Waals surface area contributed by atoms with E-state index in [1.807, 2.05) is 0 Å². The molecule has 0 aliphatic heterocycles. The van der Waals surface area contributed by atoms with Crippen LogP contribution in [0.1, 0.15) is 19.3 Å². The molecule has 0 saturated heterocycles. The van der Waals surface area contributed by atoms with Gasteiger partial charge in [0.05, 0.1) is 0 Å². The second kappa shape index (κ2) is 80.9. The monoisotopic (exact) mass is 1050 g/mol. The molecule has 0 amide bonds. The summed E-state index contributed by atoms with van der Waals surface area (Å²) in [4.78, 5) is 0. The van der Waals surface area contributed by atoms with Crippen LogP contribution in [0, 0.1) is 13.8 Å². The Kier molecular flexibility index (Phi) is 402. The molecule has 0 aliphatic rings. The standard InChI is InChI=1S/C5H10.11Y/c1-3-5-4-2;;;;;;;;;;;/h1-5H2;;;;;;;;;;;/q-2;;;;;;;;;;;. The second-order valence-corrected chi connectivity index (χ2v) is 1.06.